The highest BCUT2D eigenvalue weighted by molar-refractivity contribution is 7.16. The maximum atomic E-state index is 12.3. The first-order valence-corrected chi connectivity index (χ1v) is 9.83. The van der Waals surface area contributed by atoms with Gasteiger partial charge in [-0.25, -0.2) is 4.98 Å². The Labute approximate surface area is 167 Å². The number of benzene rings is 2. The number of nitrogens with one attached hydrogen (secondary N) is 2. The summed E-state index contributed by atoms with van der Waals surface area (Å²) in [6.45, 7) is 0.421. The molecule has 0 saturated carbocycles. The highest BCUT2D eigenvalue weighted by atomic mass is 32.1. The normalized spacial score (nSPS) is 15.5. The van der Waals surface area contributed by atoms with E-state index in [0.717, 1.165) is 21.1 Å². The van der Waals surface area contributed by atoms with Crippen molar-refractivity contribution < 1.29 is 14.3 Å². The number of nitrogens with zero attached hydrogens (tertiary/aromatic N) is 1. The zero-order valence-corrected chi connectivity index (χ0v) is 16.5. The summed E-state index contributed by atoms with van der Waals surface area (Å²) in [5.41, 5.74) is 1.99. The standard InChI is InChI=1S/C21H21N3O3S/c1-22-21-24-20-19(28-21)15(11-17(25)23-20)14-9-6-10-16(26-2)18(14)27-12-13-7-4-3-5-8-13/h3-10,15H,11-12H2,1-2H3,(H,22,24)(H,23,25). The molecule has 1 aliphatic rings. The van der Waals surface area contributed by atoms with Gasteiger partial charge in [0, 0.05) is 24.9 Å². The monoisotopic (exact) mass is 395 g/mol. The number of carbonyl (C=O) groups excluding carboxylic acids is 1. The lowest BCUT2D eigenvalue weighted by Crippen LogP contribution is -2.23. The number of hydrogen-bond acceptors (Lipinski definition) is 6. The minimum absolute atomic E-state index is 0.0534. The maximum absolute atomic E-state index is 12.3. The molecule has 1 aromatic heterocycles. The van der Waals surface area contributed by atoms with E-state index in [-0.39, 0.29) is 11.8 Å². The Morgan fingerprint density at radius 3 is 2.79 bits per heavy atom. The van der Waals surface area contributed by atoms with Crippen molar-refractivity contribution in [2.75, 3.05) is 24.8 Å². The second-order valence-electron chi connectivity index (χ2n) is 6.44. The Morgan fingerprint density at radius 1 is 1.21 bits per heavy atom. The quantitative estimate of drug-likeness (QED) is 0.653. The van der Waals surface area contributed by atoms with E-state index >= 15 is 0 Å². The fourth-order valence-corrected chi connectivity index (χ4v) is 4.32. The molecule has 0 saturated heterocycles. The molecular formula is C21H21N3O3S. The maximum Gasteiger partial charge on any atom is 0.226 e. The van der Waals surface area contributed by atoms with E-state index in [0.29, 0.717) is 30.3 Å². The van der Waals surface area contributed by atoms with Crippen LogP contribution in [0.4, 0.5) is 10.9 Å². The predicted molar refractivity (Wildman–Crippen MR) is 111 cm³/mol. The topological polar surface area (TPSA) is 72.5 Å². The zero-order chi connectivity index (χ0) is 19.5. The number of para-hydroxylation sites is 1. The predicted octanol–water partition coefficient (Wildman–Crippen LogP) is 4.25. The van der Waals surface area contributed by atoms with Gasteiger partial charge in [0.2, 0.25) is 5.91 Å². The van der Waals surface area contributed by atoms with Crippen LogP contribution >= 0.6 is 11.3 Å². The van der Waals surface area contributed by atoms with E-state index in [1.54, 1.807) is 18.4 Å². The van der Waals surface area contributed by atoms with Crippen LogP contribution in [0.3, 0.4) is 0 Å². The van der Waals surface area contributed by atoms with Crippen LogP contribution in [0.1, 0.15) is 28.3 Å². The lowest BCUT2D eigenvalue weighted by Gasteiger charge is -2.24. The van der Waals surface area contributed by atoms with Gasteiger partial charge >= 0.3 is 0 Å². The van der Waals surface area contributed by atoms with Crippen molar-refractivity contribution >= 4 is 28.2 Å². The zero-order valence-electron chi connectivity index (χ0n) is 15.7. The van der Waals surface area contributed by atoms with E-state index in [4.69, 9.17) is 9.47 Å². The number of ether oxygens (including phenoxy) is 2. The van der Waals surface area contributed by atoms with E-state index in [9.17, 15) is 4.79 Å². The Kier molecular flexibility index (Phi) is 5.16. The third-order valence-corrected chi connectivity index (χ3v) is 5.85. The number of rotatable bonds is 6. The van der Waals surface area contributed by atoms with E-state index in [1.807, 2.05) is 55.6 Å². The van der Waals surface area contributed by atoms with Crippen LogP contribution < -0.4 is 20.1 Å². The van der Waals surface area contributed by atoms with Crippen molar-refractivity contribution in [3.8, 4) is 11.5 Å². The number of anilines is 2. The molecule has 2 N–H and O–H groups in total. The minimum Gasteiger partial charge on any atom is -0.493 e. The van der Waals surface area contributed by atoms with Crippen LogP contribution in [-0.4, -0.2) is 25.0 Å². The Hall–Kier alpha value is -3.06. The van der Waals surface area contributed by atoms with Gasteiger partial charge in [-0.2, -0.15) is 0 Å². The Balaban J connectivity index is 1.73. The van der Waals surface area contributed by atoms with Gasteiger partial charge in [-0.3, -0.25) is 4.79 Å². The van der Waals surface area contributed by atoms with Crippen LogP contribution in [0.2, 0.25) is 0 Å². The number of thiazole rings is 1. The molecule has 1 unspecified atom stereocenters. The summed E-state index contributed by atoms with van der Waals surface area (Å²) in [5, 5.41) is 6.69. The number of carbonyl (C=O) groups is 1. The molecule has 0 aliphatic carbocycles. The molecule has 28 heavy (non-hydrogen) atoms. The SMILES string of the molecule is CNc1nc2c(s1)C(c1cccc(OC)c1OCc1ccccc1)CC(=O)N2. The number of amides is 1. The van der Waals surface area contributed by atoms with Gasteiger partial charge in [-0.05, 0) is 11.6 Å². The van der Waals surface area contributed by atoms with Gasteiger partial charge in [-0.1, -0.05) is 53.8 Å². The fourth-order valence-electron chi connectivity index (χ4n) is 3.33. The van der Waals surface area contributed by atoms with Gasteiger partial charge in [0.1, 0.15) is 12.4 Å². The lowest BCUT2D eigenvalue weighted by molar-refractivity contribution is -0.116. The van der Waals surface area contributed by atoms with E-state index in [1.165, 1.54) is 0 Å². The van der Waals surface area contributed by atoms with Crippen molar-refractivity contribution in [2.24, 2.45) is 0 Å². The van der Waals surface area contributed by atoms with Crippen molar-refractivity contribution in [3.63, 3.8) is 0 Å². The lowest BCUT2D eigenvalue weighted by atomic mass is 9.90. The molecule has 1 atom stereocenters. The van der Waals surface area contributed by atoms with Crippen molar-refractivity contribution in [1.29, 1.82) is 0 Å². The molecule has 6 nitrogen and oxygen atoms in total. The minimum atomic E-state index is -0.135. The van der Waals surface area contributed by atoms with Crippen LogP contribution in [0.5, 0.6) is 11.5 Å². The third-order valence-electron chi connectivity index (χ3n) is 4.66. The first-order chi connectivity index (χ1) is 13.7. The Bertz CT molecular complexity index is 988. The average molecular weight is 395 g/mol. The molecule has 7 heteroatoms. The van der Waals surface area contributed by atoms with Crippen LogP contribution in [0.25, 0.3) is 0 Å². The van der Waals surface area contributed by atoms with Gasteiger partial charge in [0.15, 0.2) is 16.6 Å². The summed E-state index contributed by atoms with van der Waals surface area (Å²) in [6, 6.07) is 15.8. The Morgan fingerprint density at radius 2 is 2.04 bits per heavy atom. The van der Waals surface area contributed by atoms with Crippen LogP contribution in [0, 0.1) is 0 Å². The molecule has 0 radical (unpaired) electrons. The molecule has 0 bridgehead atoms. The summed E-state index contributed by atoms with van der Waals surface area (Å²) in [7, 11) is 3.44. The number of aromatic nitrogens is 1. The largest absolute Gasteiger partial charge is 0.493 e. The second kappa shape index (κ2) is 7.90. The summed E-state index contributed by atoms with van der Waals surface area (Å²) in [4.78, 5) is 17.8. The third kappa shape index (κ3) is 3.53. The summed E-state index contributed by atoms with van der Waals surface area (Å²) in [5.74, 6) is 1.75. The molecule has 1 aliphatic heterocycles. The summed E-state index contributed by atoms with van der Waals surface area (Å²) >= 11 is 1.54. The number of hydrogen-bond donors (Lipinski definition) is 2. The molecule has 1 amide bonds. The van der Waals surface area contributed by atoms with Crippen molar-refractivity contribution in [2.45, 2.75) is 18.9 Å². The number of methoxy groups -OCH3 is 1. The first kappa shape index (κ1) is 18.3. The second-order valence-corrected chi connectivity index (χ2v) is 7.47. The van der Waals surface area contributed by atoms with Crippen molar-refractivity contribution in [3.05, 3.63) is 64.5 Å². The molecule has 0 spiro atoms. The highest BCUT2D eigenvalue weighted by Gasteiger charge is 2.33. The van der Waals surface area contributed by atoms with Gasteiger partial charge < -0.3 is 20.1 Å². The van der Waals surface area contributed by atoms with Gasteiger partial charge in [0.05, 0.1) is 12.0 Å². The van der Waals surface area contributed by atoms with Crippen LogP contribution in [-0.2, 0) is 11.4 Å². The molecule has 4 rings (SSSR count). The average Bonchev–Trinajstić information content (AvgIpc) is 3.15. The molecule has 0 fully saturated rings. The molecule has 2 aromatic carbocycles. The van der Waals surface area contributed by atoms with Crippen molar-refractivity contribution in [1.82, 2.24) is 4.98 Å². The fraction of sp³-hybridized carbons (Fsp3) is 0.238. The number of fused-ring (bicyclic) bond motifs is 1. The van der Waals surface area contributed by atoms with E-state index < -0.39 is 0 Å². The molecule has 3 aromatic rings. The highest BCUT2D eigenvalue weighted by Crippen LogP contribution is 2.47. The molecular weight excluding hydrogens is 374 g/mol. The van der Waals surface area contributed by atoms with Crippen LogP contribution in [0.15, 0.2) is 48.5 Å². The molecule has 144 valence electrons. The van der Waals surface area contributed by atoms with E-state index in [2.05, 4.69) is 15.6 Å². The summed E-state index contributed by atoms with van der Waals surface area (Å²) < 4.78 is 11.8. The first-order valence-electron chi connectivity index (χ1n) is 9.01. The summed E-state index contributed by atoms with van der Waals surface area (Å²) in [6.07, 6.45) is 0.340. The van der Waals surface area contributed by atoms with Gasteiger partial charge in [-0.15, -0.1) is 0 Å². The smallest absolute Gasteiger partial charge is 0.226 e. The van der Waals surface area contributed by atoms with Gasteiger partial charge in [0.25, 0.3) is 0 Å². The molecule has 2 heterocycles.